The molecule has 19 heavy (non-hydrogen) atoms. The molecule has 0 amide bonds. The van der Waals surface area contributed by atoms with E-state index in [0.29, 0.717) is 6.42 Å². The smallest absolute Gasteiger partial charge is 0.269 e. The first-order chi connectivity index (χ1) is 8.86. The van der Waals surface area contributed by atoms with Gasteiger partial charge < -0.3 is 5.32 Å². The van der Waals surface area contributed by atoms with Crippen LogP contribution in [0, 0.1) is 10.1 Å². The number of nitro groups is 1. The molecule has 0 aliphatic heterocycles. The fourth-order valence-corrected chi connectivity index (χ4v) is 3.13. The molecule has 1 aromatic carbocycles. The highest BCUT2D eigenvalue weighted by atomic mass is 32.2. The molecular weight excluding hydrogens is 268 g/mol. The van der Waals surface area contributed by atoms with Gasteiger partial charge in [-0.1, -0.05) is 6.92 Å². The Balaban J connectivity index is 2.74. The van der Waals surface area contributed by atoms with Crippen LogP contribution in [0.4, 0.5) is 5.69 Å². The van der Waals surface area contributed by atoms with E-state index in [0.717, 1.165) is 6.54 Å². The minimum absolute atomic E-state index is 0.0268. The third kappa shape index (κ3) is 4.60. The highest BCUT2D eigenvalue weighted by Gasteiger charge is 2.17. The number of hydrogen-bond acceptors (Lipinski definition) is 5. The highest BCUT2D eigenvalue weighted by molar-refractivity contribution is 7.91. The maximum atomic E-state index is 12.0. The zero-order valence-electron chi connectivity index (χ0n) is 11.0. The van der Waals surface area contributed by atoms with Crippen molar-refractivity contribution in [1.29, 1.82) is 0 Å². The third-order valence-electron chi connectivity index (χ3n) is 2.78. The quantitative estimate of drug-likeness (QED) is 0.609. The van der Waals surface area contributed by atoms with Crippen LogP contribution in [0.15, 0.2) is 29.2 Å². The summed E-state index contributed by atoms with van der Waals surface area (Å²) in [6.45, 7) is 4.68. The molecule has 0 aliphatic rings. The van der Waals surface area contributed by atoms with E-state index in [1.54, 1.807) is 0 Å². The molecule has 0 saturated heterocycles. The second kappa shape index (κ2) is 6.63. The molecule has 0 fully saturated rings. The van der Waals surface area contributed by atoms with Crippen LogP contribution in [-0.4, -0.2) is 31.7 Å². The molecule has 0 aliphatic carbocycles. The Labute approximate surface area is 112 Å². The lowest BCUT2D eigenvalue weighted by atomic mass is 10.3. The van der Waals surface area contributed by atoms with Gasteiger partial charge in [0.2, 0.25) is 0 Å². The fraction of sp³-hybridized carbons (Fsp3) is 0.500. The Bertz CT molecular complexity index is 525. The summed E-state index contributed by atoms with van der Waals surface area (Å²) in [4.78, 5) is 10.1. The molecule has 0 heterocycles. The molecule has 106 valence electrons. The zero-order chi connectivity index (χ0) is 14.5. The van der Waals surface area contributed by atoms with Crippen molar-refractivity contribution >= 4 is 15.5 Å². The summed E-state index contributed by atoms with van der Waals surface area (Å²) in [7, 11) is -3.38. The number of nitrogens with one attached hydrogen (secondary N) is 1. The molecule has 0 radical (unpaired) electrons. The van der Waals surface area contributed by atoms with E-state index < -0.39 is 14.8 Å². The second-order valence-electron chi connectivity index (χ2n) is 4.32. The highest BCUT2D eigenvalue weighted by Crippen LogP contribution is 2.17. The lowest BCUT2D eigenvalue weighted by Gasteiger charge is -2.12. The predicted molar refractivity (Wildman–Crippen MR) is 72.9 cm³/mol. The lowest BCUT2D eigenvalue weighted by Crippen LogP contribution is -2.27. The topological polar surface area (TPSA) is 89.3 Å². The average Bonchev–Trinajstić information content (AvgIpc) is 2.37. The van der Waals surface area contributed by atoms with Gasteiger partial charge in [-0.3, -0.25) is 10.1 Å². The minimum Gasteiger partial charge on any atom is -0.314 e. The summed E-state index contributed by atoms with van der Waals surface area (Å²) in [5.41, 5.74) is -0.111. The standard InChI is InChI=1S/C12H18N2O4S/c1-3-13-10(2)8-9-19(17,18)12-6-4-11(5-7-12)14(15)16/h4-7,10,13H,3,8-9H2,1-2H3. The van der Waals surface area contributed by atoms with Crippen LogP contribution < -0.4 is 5.32 Å². The van der Waals surface area contributed by atoms with Crippen molar-refractivity contribution in [2.24, 2.45) is 0 Å². The van der Waals surface area contributed by atoms with E-state index >= 15 is 0 Å². The molecule has 0 saturated carbocycles. The molecule has 1 rings (SSSR count). The molecule has 0 bridgehead atoms. The summed E-state index contributed by atoms with van der Waals surface area (Å²) < 4.78 is 24.0. The minimum atomic E-state index is -3.38. The Hall–Kier alpha value is -1.47. The van der Waals surface area contributed by atoms with Crippen LogP contribution in [0.5, 0.6) is 0 Å². The first-order valence-corrected chi connectivity index (χ1v) is 7.72. The summed E-state index contributed by atoms with van der Waals surface area (Å²) in [6.07, 6.45) is 0.507. The largest absolute Gasteiger partial charge is 0.314 e. The number of non-ortho nitro benzene ring substituents is 1. The van der Waals surface area contributed by atoms with Crippen molar-refractivity contribution in [2.45, 2.75) is 31.2 Å². The Kier molecular flexibility index (Phi) is 5.44. The van der Waals surface area contributed by atoms with Crippen molar-refractivity contribution in [3.8, 4) is 0 Å². The number of rotatable bonds is 7. The summed E-state index contributed by atoms with van der Waals surface area (Å²) in [5, 5.41) is 13.6. The Morgan fingerprint density at radius 2 is 1.89 bits per heavy atom. The van der Waals surface area contributed by atoms with Gasteiger partial charge in [0.15, 0.2) is 9.84 Å². The van der Waals surface area contributed by atoms with Crippen LogP contribution >= 0.6 is 0 Å². The maximum Gasteiger partial charge on any atom is 0.269 e. The molecule has 7 heteroatoms. The average molecular weight is 286 g/mol. The predicted octanol–water partition coefficient (Wildman–Crippen LogP) is 1.76. The van der Waals surface area contributed by atoms with Gasteiger partial charge in [0, 0.05) is 18.2 Å². The van der Waals surface area contributed by atoms with Gasteiger partial charge in [0.25, 0.3) is 5.69 Å². The SMILES string of the molecule is CCNC(C)CCS(=O)(=O)c1ccc([N+](=O)[O-])cc1. The van der Waals surface area contributed by atoms with Gasteiger partial charge in [0.1, 0.15) is 0 Å². The number of nitrogens with zero attached hydrogens (tertiary/aromatic N) is 1. The Morgan fingerprint density at radius 3 is 2.37 bits per heavy atom. The number of benzene rings is 1. The van der Waals surface area contributed by atoms with E-state index in [2.05, 4.69) is 5.32 Å². The number of nitro benzene ring substituents is 1. The van der Waals surface area contributed by atoms with Gasteiger partial charge in [-0.15, -0.1) is 0 Å². The van der Waals surface area contributed by atoms with Gasteiger partial charge in [-0.25, -0.2) is 8.42 Å². The first kappa shape index (κ1) is 15.6. The summed E-state index contributed by atoms with van der Waals surface area (Å²) in [6, 6.07) is 5.11. The number of hydrogen-bond donors (Lipinski definition) is 1. The number of sulfone groups is 1. The molecule has 6 nitrogen and oxygen atoms in total. The summed E-state index contributed by atoms with van der Waals surface area (Å²) >= 11 is 0. The van der Waals surface area contributed by atoms with Crippen LogP contribution in [-0.2, 0) is 9.84 Å². The van der Waals surface area contributed by atoms with Crippen molar-refractivity contribution < 1.29 is 13.3 Å². The summed E-state index contributed by atoms with van der Waals surface area (Å²) in [5.74, 6) is 0.0268. The molecule has 1 N–H and O–H groups in total. The van der Waals surface area contributed by atoms with E-state index in [9.17, 15) is 18.5 Å². The van der Waals surface area contributed by atoms with Crippen LogP contribution in [0.1, 0.15) is 20.3 Å². The van der Waals surface area contributed by atoms with Gasteiger partial charge in [-0.2, -0.15) is 0 Å². The van der Waals surface area contributed by atoms with Gasteiger partial charge >= 0.3 is 0 Å². The van der Waals surface area contributed by atoms with Crippen molar-refractivity contribution in [3.63, 3.8) is 0 Å². The van der Waals surface area contributed by atoms with E-state index in [1.807, 2.05) is 13.8 Å². The van der Waals surface area contributed by atoms with Crippen LogP contribution in [0.3, 0.4) is 0 Å². The normalized spacial score (nSPS) is 13.2. The third-order valence-corrected chi connectivity index (χ3v) is 4.54. The molecule has 1 atom stereocenters. The van der Waals surface area contributed by atoms with E-state index in [4.69, 9.17) is 0 Å². The fourth-order valence-electron chi connectivity index (χ4n) is 1.68. The molecule has 1 unspecified atom stereocenters. The molecule has 0 aromatic heterocycles. The zero-order valence-corrected chi connectivity index (χ0v) is 11.8. The second-order valence-corrected chi connectivity index (χ2v) is 6.43. The van der Waals surface area contributed by atoms with E-state index in [-0.39, 0.29) is 22.4 Å². The maximum absolute atomic E-state index is 12.0. The Morgan fingerprint density at radius 1 is 1.32 bits per heavy atom. The van der Waals surface area contributed by atoms with Crippen molar-refractivity contribution in [1.82, 2.24) is 5.32 Å². The molecule has 1 aromatic rings. The van der Waals surface area contributed by atoms with Gasteiger partial charge in [-0.05, 0) is 32.0 Å². The first-order valence-electron chi connectivity index (χ1n) is 6.07. The van der Waals surface area contributed by atoms with Gasteiger partial charge in [0.05, 0.1) is 15.6 Å². The van der Waals surface area contributed by atoms with Crippen LogP contribution in [0.2, 0.25) is 0 Å². The van der Waals surface area contributed by atoms with Crippen LogP contribution in [0.25, 0.3) is 0 Å². The molecule has 0 spiro atoms. The monoisotopic (exact) mass is 286 g/mol. The van der Waals surface area contributed by atoms with E-state index in [1.165, 1.54) is 24.3 Å². The van der Waals surface area contributed by atoms with Crippen molar-refractivity contribution in [3.05, 3.63) is 34.4 Å². The van der Waals surface area contributed by atoms with Crippen molar-refractivity contribution in [2.75, 3.05) is 12.3 Å². The molecular formula is C12H18N2O4S. The lowest BCUT2D eigenvalue weighted by molar-refractivity contribution is -0.384.